The minimum atomic E-state index is -0.727. The Hall–Kier alpha value is -1.49. The van der Waals surface area contributed by atoms with Gasteiger partial charge in [-0.3, -0.25) is 4.79 Å². The summed E-state index contributed by atoms with van der Waals surface area (Å²) in [5.41, 5.74) is -0.165. The summed E-state index contributed by atoms with van der Waals surface area (Å²) in [6, 6.07) is 3.03. The minimum Gasteiger partial charge on any atom is -0.375 e. The monoisotopic (exact) mass is 280 g/mol. The summed E-state index contributed by atoms with van der Waals surface area (Å²) in [5.74, 6) is -1.13. The van der Waals surface area contributed by atoms with Crippen molar-refractivity contribution in [1.82, 2.24) is 10.3 Å². The lowest BCUT2D eigenvalue weighted by atomic mass is 9.86. The number of carbonyl (C=O) groups is 1. The van der Waals surface area contributed by atoms with E-state index in [9.17, 15) is 9.18 Å². The number of amides is 1. The third-order valence-electron chi connectivity index (χ3n) is 4.12. The maximum absolute atomic E-state index is 13.5. The van der Waals surface area contributed by atoms with E-state index in [1.165, 1.54) is 12.3 Å². The molecule has 1 amide bonds. The molecule has 2 rings (SSSR count). The van der Waals surface area contributed by atoms with Gasteiger partial charge in [0.1, 0.15) is 0 Å². The molecular weight excluding hydrogens is 259 g/mol. The van der Waals surface area contributed by atoms with E-state index in [1.807, 2.05) is 0 Å². The zero-order valence-corrected chi connectivity index (χ0v) is 12.0. The van der Waals surface area contributed by atoms with Gasteiger partial charge in [-0.05, 0) is 37.8 Å². The molecule has 20 heavy (non-hydrogen) atoms. The van der Waals surface area contributed by atoms with Gasteiger partial charge in [0.2, 0.25) is 5.95 Å². The summed E-state index contributed by atoms with van der Waals surface area (Å²) in [6.07, 6.45) is 4.69. The number of pyridine rings is 1. The van der Waals surface area contributed by atoms with E-state index in [-0.39, 0.29) is 17.2 Å². The minimum absolute atomic E-state index is 0.00223. The molecule has 1 aliphatic heterocycles. The van der Waals surface area contributed by atoms with Crippen LogP contribution in [0.15, 0.2) is 18.3 Å². The predicted molar refractivity (Wildman–Crippen MR) is 73.9 cm³/mol. The molecule has 1 aromatic heterocycles. The largest absolute Gasteiger partial charge is 0.375 e. The summed E-state index contributed by atoms with van der Waals surface area (Å²) < 4.78 is 19.3. The van der Waals surface area contributed by atoms with Crippen molar-refractivity contribution in [1.29, 1.82) is 0 Å². The van der Waals surface area contributed by atoms with Gasteiger partial charge >= 0.3 is 0 Å². The fourth-order valence-electron chi connectivity index (χ4n) is 2.71. The number of rotatable bonds is 4. The highest BCUT2D eigenvalue weighted by Gasteiger charge is 2.35. The first kappa shape index (κ1) is 14.9. The van der Waals surface area contributed by atoms with E-state index in [4.69, 9.17) is 4.74 Å². The van der Waals surface area contributed by atoms with Gasteiger partial charge in [0, 0.05) is 18.8 Å². The van der Waals surface area contributed by atoms with Crippen LogP contribution in [-0.2, 0) is 4.74 Å². The normalized spacial score (nSPS) is 21.4. The predicted octanol–water partition coefficient (Wildman–Crippen LogP) is 2.69. The molecule has 1 aromatic rings. The molecule has 0 spiro atoms. The third kappa shape index (κ3) is 3.15. The summed E-state index contributed by atoms with van der Waals surface area (Å²) in [7, 11) is 0. The Morgan fingerprint density at radius 2 is 2.30 bits per heavy atom. The molecule has 4 nitrogen and oxygen atoms in total. The summed E-state index contributed by atoms with van der Waals surface area (Å²) in [6.45, 7) is 4.81. The maximum Gasteiger partial charge on any atom is 0.256 e. The average Bonchev–Trinajstić information content (AvgIpc) is 2.47. The van der Waals surface area contributed by atoms with Gasteiger partial charge in [-0.15, -0.1) is 0 Å². The Morgan fingerprint density at radius 1 is 1.55 bits per heavy atom. The second-order valence-electron chi connectivity index (χ2n) is 5.24. The van der Waals surface area contributed by atoms with Crippen LogP contribution in [0.5, 0.6) is 0 Å². The van der Waals surface area contributed by atoms with Crippen molar-refractivity contribution < 1.29 is 13.9 Å². The zero-order valence-electron chi connectivity index (χ0n) is 12.0. The molecule has 0 radical (unpaired) electrons. The fraction of sp³-hybridized carbons (Fsp3) is 0.600. The lowest BCUT2D eigenvalue weighted by Gasteiger charge is -2.40. The van der Waals surface area contributed by atoms with Crippen LogP contribution in [0.2, 0.25) is 0 Å². The molecule has 1 fully saturated rings. The van der Waals surface area contributed by atoms with Crippen molar-refractivity contribution in [3.8, 4) is 0 Å². The molecule has 1 saturated heterocycles. The number of carbonyl (C=O) groups excluding carboxylic acids is 1. The van der Waals surface area contributed by atoms with Crippen LogP contribution in [0.4, 0.5) is 4.39 Å². The van der Waals surface area contributed by atoms with Crippen LogP contribution < -0.4 is 5.32 Å². The Labute approximate surface area is 118 Å². The molecule has 5 heteroatoms. The Balaban J connectivity index is 2.03. The first-order valence-electron chi connectivity index (χ1n) is 7.15. The second-order valence-corrected chi connectivity index (χ2v) is 5.24. The lowest BCUT2D eigenvalue weighted by Crippen LogP contribution is -2.48. The van der Waals surface area contributed by atoms with E-state index in [1.54, 1.807) is 6.07 Å². The van der Waals surface area contributed by atoms with Crippen LogP contribution in [0.3, 0.4) is 0 Å². The molecule has 1 atom stereocenters. The molecule has 2 heterocycles. The first-order valence-corrected chi connectivity index (χ1v) is 7.15. The van der Waals surface area contributed by atoms with Crippen molar-refractivity contribution in [2.75, 3.05) is 6.61 Å². The SMILES string of the molecule is CCC1(CC)CC(NC(=O)c2cccnc2F)CCO1. The van der Waals surface area contributed by atoms with Crippen molar-refractivity contribution >= 4 is 5.91 Å². The highest BCUT2D eigenvalue weighted by atomic mass is 19.1. The van der Waals surface area contributed by atoms with E-state index in [2.05, 4.69) is 24.1 Å². The zero-order chi connectivity index (χ0) is 14.6. The van der Waals surface area contributed by atoms with Gasteiger partial charge < -0.3 is 10.1 Å². The van der Waals surface area contributed by atoms with Crippen LogP contribution >= 0.6 is 0 Å². The molecule has 0 bridgehead atoms. The summed E-state index contributed by atoms with van der Waals surface area (Å²) in [5, 5.41) is 2.90. The fourth-order valence-corrected chi connectivity index (χ4v) is 2.71. The van der Waals surface area contributed by atoms with E-state index >= 15 is 0 Å². The molecular formula is C15H21FN2O2. The maximum atomic E-state index is 13.5. The molecule has 1 N–H and O–H groups in total. The van der Waals surface area contributed by atoms with Gasteiger partial charge in [0.05, 0.1) is 11.2 Å². The Morgan fingerprint density at radius 3 is 2.95 bits per heavy atom. The quantitative estimate of drug-likeness (QED) is 0.863. The third-order valence-corrected chi connectivity index (χ3v) is 4.12. The van der Waals surface area contributed by atoms with Crippen molar-refractivity contribution in [3.05, 3.63) is 29.8 Å². The second kappa shape index (κ2) is 6.31. The van der Waals surface area contributed by atoms with E-state index in [0.29, 0.717) is 6.61 Å². The standard InChI is InChI=1S/C15H21FN2O2/c1-3-15(4-2)10-11(7-9-20-15)18-14(19)12-6-5-8-17-13(12)16/h5-6,8,11H,3-4,7,9-10H2,1-2H3,(H,18,19). The molecule has 1 unspecified atom stereocenters. The van der Waals surface area contributed by atoms with Gasteiger partial charge in [-0.1, -0.05) is 13.8 Å². The highest BCUT2D eigenvalue weighted by molar-refractivity contribution is 5.94. The van der Waals surface area contributed by atoms with E-state index in [0.717, 1.165) is 25.7 Å². The average molecular weight is 280 g/mol. The van der Waals surface area contributed by atoms with Crippen LogP contribution in [0.1, 0.15) is 49.9 Å². The van der Waals surface area contributed by atoms with Crippen molar-refractivity contribution in [2.45, 2.75) is 51.2 Å². The van der Waals surface area contributed by atoms with Crippen LogP contribution in [0, 0.1) is 5.95 Å². The molecule has 1 aliphatic rings. The van der Waals surface area contributed by atoms with Gasteiger partial charge in [0.25, 0.3) is 5.91 Å². The molecule has 0 aliphatic carbocycles. The van der Waals surface area contributed by atoms with Gasteiger partial charge in [-0.2, -0.15) is 4.39 Å². The number of hydrogen-bond acceptors (Lipinski definition) is 3. The number of aromatic nitrogens is 1. The van der Waals surface area contributed by atoms with Crippen molar-refractivity contribution in [2.24, 2.45) is 0 Å². The Bertz CT molecular complexity index is 475. The number of nitrogens with one attached hydrogen (secondary N) is 1. The van der Waals surface area contributed by atoms with Gasteiger partial charge in [-0.25, -0.2) is 4.98 Å². The number of hydrogen-bond donors (Lipinski definition) is 1. The van der Waals surface area contributed by atoms with Crippen LogP contribution in [0.25, 0.3) is 0 Å². The highest BCUT2D eigenvalue weighted by Crippen LogP contribution is 2.31. The van der Waals surface area contributed by atoms with Crippen molar-refractivity contribution in [3.63, 3.8) is 0 Å². The first-order chi connectivity index (χ1) is 9.60. The number of halogens is 1. The van der Waals surface area contributed by atoms with E-state index < -0.39 is 11.9 Å². The lowest BCUT2D eigenvalue weighted by molar-refractivity contribution is -0.0917. The number of nitrogens with zero attached hydrogens (tertiary/aromatic N) is 1. The molecule has 0 aromatic carbocycles. The van der Waals surface area contributed by atoms with Crippen LogP contribution in [-0.4, -0.2) is 29.1 Å². The van der Waals surface area contributed by atoms with Gasteiger partial charge in [0.15, 0.2) is 0 Å². The summed E-state index contributed by atoms with van der Waals surface area (Å²) in [4.78, 5) is 15.6. The topological polar surface area (TPSA) is 51.2 Å². The number of ether oxygens (including phenoxy) is 1. The Kier molecular flexibility index (Phi) is 4.70. The smallest absolute Gasteiger partial charge is 0.256 e. The molecule has 0 saturated carbocycles. The summed E-state index contributed by atoms with van der Waals surface area (Å²) >= 11 is 0. The molecule has 110 valence electrons.